The molecule has 4 heteroatoms. The fourth-order valence-corrected chi connectivity index (χ4v) is 2.92. The molecule has 0 radical (unpaired) electrons. The molecular weight excluding hydrogens is 230 g/mol. The number of aliphatic carboxylic acids is 1. The van der Waals surface area contributed by atoms with Crippen LogP contribution in [-0.2, 0) is 9.59 Å². The van der Waals surface area contributed by atoms with E-state index in [4.69, 9.17) is 5.11 Å². The van der Waals surface area contributed by atoms with E-state index >= 15 is 0 Å². The lowest BCUT2D eigenvalue weighted by molar-refractivity contribution is -0.138. The standard InChI is InChI=1S/C14H23NO3/c1-14(7-3-2-4-8-14)13(18)15-11(9-12(16)17)10-5-6-10/h10-11H,2-9H2,1H3,(H,15,18)(H,16,17). The number of hydrogen-bond acceptors (Lipinski definition) is 2. The highest BCUT2D eigenvalue weighted by Gasteiger charge is 2.39. The topological polar surface area (TPSA) is 66.4 Å². The van der Waals surface area contributed by atoms with Crippen LogP contribution in [0, 0.1) is 11.3 Å². The van der Waals surface area contributed by atoms with Crippen LogP contribution in [0.25, 0.3) is 0 Å². The first-order valence-electron chi connectivity index (χ1n) is 7.04. The minimum absolute atomic E-state index is 0.0620. The van der Waals surface area contributed by atoms with Crippen LogP contribution in [0.3, 0.4) is 0 Å². The number of hydrogen-bond donors (Lipinski definition) is 2. The molecular formula is C14H23NO3. The first kappa shape index (κ1) is 13.4. The van der Waals surface area contributed by atoms with Crippen molar-refractivity contribution in [2.24, 2.45) is 11.3 Å². The zero-order valence-corrected chi connectivity index (χ0v) is 11.1. The molecule has 1 amide bonds. The summed E-state index contributed by atoms with van der Waals surface area (Å²) in [6.45, 7) is 2.02. The van der Waals surface area contributed by atoms with E-state index in [1.54, 1.807) is 0 Å². The SMILES string of the molecule is CC1(C(=O)NC(CC(=O)O)C2CC2)CCCCC1. The monoisotopic (exact) mass is 253 g/mol. The smallest absolute Gasteiger partial charge is 0.305 e. The maximum atomic E-state index is 12.3. The Morgan fingerprint density at radius 2 is 1.89 bits per heavy atom. The Morgan fingerprint density at radius 3 is 2.39 bits per heavy atom. The van der Waals surface area contributed by atoms with Gasteiger partial charge < -0.3 is 10.4 Å². The highest BCUT2D eigenvalue weighted by molar-refractivity contribution is 5.83. The molecule has 2 aliphatic rings. The number of amides is 1. The maximum absolute atomic E-state index is 12.3. The second kappa shape index (κ2) is 5.29. The highest BCUT2D eigenvalue weighted by Crippen LogP contribution is 2.38. The first-order chi connectivity index (χ1) is 8.51. The van der Waals surface area contributed by atoms with Crippen molar-refractivity contribution in [2.45, 2.75) is 64.3 Å². The third-order valence-corrected chi connectivity index (χ3v) is 4.41. The largest absolute Gasteiger partial charge is 0.481 e. The Morgan fingerprint density at radius 1 is 1.28 bits per heavy atom. The van der Waals surface area contributed by atoms with E-state index in [0.717, 1.165) is 38.5 Å². The van der Waals surface area contributed by atoms with E-state index in [0.29, 0.717) is 5.92 Å². The van der Waals surface area contributed by atoms with Crippen molar-refractivity contribution in [3.63, 3.8) is 0 Å². The third-order valence-electron chi connectivity index (χ3n) is 4.41. The average molecular weight is 253 g/mol. The number of carboxylic acids is 1. The molecule has 1 atom stereocenters. The minimum atomic E-state index is -0.819. The molecule has 2 rings (SSSR count). The average Bonchev–Trinajstić information content (AvgIpc) is 3.12. The van der Waals surface area contributed by atoms with Crippen molar-refractivity contribution in [3.8, 4) is 0 Å². The molecule has 0 aliphatic heterocycles. The van der Waals surface area contributed by atoms with Gasteiger partial charge in [0, 0.05) is 11.5 Å². The molecule has 0 aromatic carbocycles. The van der Waals surface area contributed by atoms with Gasteiger partial charge in [-0.05, 0) is 31.6 Å². The lowest BCUT2D eigenvalue weighted by Crippen LogP contribution is -2.46. The van der Waals surface area contributed by atoms with E-state index in [2.05, 4.69) is 5.32 Å². The zero-order chi connectivity index (χ0) is 13.2. The van der Waals surface area contributed by atoms with Crippen LogP contribution in [0.5, 0.6) is 0 Å². The summed E-state index contributed by atoms with van der Waals surface area (Å²) in [4.78, 5) is 23.2. The van der Waals surface area contributed by atoms with Crippen LogP contribution in [-0.4, -0.2) is 23.0 Å². The van der Waals surface area contributed by atoms with Crippen molar-refractivity contribution >= 4 is 11.9 Å². The number of rotatable bonds is 5. The van der Waals surface area contributed by atoms with Gasteiger partial charge in [0.25, 0.3) is 0 Å². The van der Waals surface area contributed by atoms with E-state index in [9.17, 15) is 9.59 Å². The van der Waals surface area contributed by atoms with Gasteiger partial charge in [0.2, 0.25) is 5.91 Å². The van der Waals surface area contributed by atoms with Crippen molar-refractivity contribution in [1.82, 2.24) is 5.32 Å². The third kappa shape index (κ3) is 3.24. The van der Waals surface area contributed by atoms with E-state index in [1.165, 1.54) is 6.42 Å². The molecule has 2 saturated carbocycles. The van der Waals surface area contributed by atoms with Crippen molar-refractivity contribution in [2.75, 3.05) is 0 Å². The van der Waals surface area contributed by atoms with Gasteiger partial charge in [-0.3, -0.25) is 9.59 Å². The zero-order valence-electron chi connectivity index (χ0n) is 11.1. The van der Waals surface area contributed by atoms with Crippen LogP contribution in [0.2, 0.25) is 0 Å². The van der Waals surface area contributed by atoms with Crippen LogP contribution in [0.1, 0.15) is 58.3 Å². The van der Waals surface area contributed by atoms with Crippen LogP contribution < -0.4 is 5.32 Å². The summed E-state index contributed by atoms with van der Waals surface area (Å²) >= 11 is 0. The lowest BCUT2D eigenvalue weighted by Gasteiger charge is -2.33. The van der Waals surface area contributed by atoms with E-state index in [1.807, 2.05) is 6.92 Å². The van der Waals surface area contributed by atoms with Gasteiger partial charge in [0.15, 0.2) is 0 Å². The summed E-state index contributed by atoms with van der Waals surface area (Å²) in [7, 11) is 0. The molecule has 0 heterocycles. The van der Waals surface area contributed by atoms with Crippen LogP contribution >= 0.6 is 0 Å². The molecule has 2 fully saturated rings. The van der Waals surface area contributed by atoms with Crippen LogP contribution in [0.15, 0.2) is 0 Å². The maximum Gasteiger partial charge on any atom is 0.305 e. The van der Waals surface area contributed by atoms with Gasteiger partial charge in [-0.15, -0.1) is 0 Å². The summed E-state index contributed by atoms with van der Waals surface area (Å²) in [6, 6.07) is -0.159. The fourth-order valence-electron chi connectivity index (χ4n) is 2.92. The van der Waals surface area contributed by atoms with Gasteiger partial charge in [-0.25, -0.2) is 0 Å². The Balaban J connectivity index is 1.93. The molecule has 2 aliphatic carbocycles. The fraction of sp³-hybridized carbons (Fsp3) is 0.857. The predicted octanol–water partition coefficient (Wildman–Crippen LogP) is 2.33. The number of nitrogens with one attached hydrogen (secondary N) is 1. The lowest BCUT2D eigenvalue weighted by atomic mass is 9.75. The molecule has 102 valence electrons. The first-order valence-corrected chi connectivity index (χ1v) is 7.04. The van der Waals surface area contributed by atoms with Gasteiger partial charge >= 0.3 is 5.97 Å². The molecule has 0 spiro atoms. The molecule has 1 unspecified atom stereocenters. The Labute approximate surface area is 108 Å². The van der Waals surface area contributed by atoms with Crippen molar-refractivity contribution in [1.29, 1.82) is 0 Å². The Kier molecular flexibility index (Phi) is 3.93. The summed E-state index contributed by atoms with van der Waals surface area (Å²) < 4.78 is 0. The van der Waals surface area contributed by atoms with Gasteiger partial charge in [-0.2, -0.15) is 0 Å². The quantitative estimate of drug-likeness (QED) is 0.790. The molecule has 0 aromatic heterocycles. The Hall–Kier alpha value is -1.06. The summed E-state index contributed by atoms with van der Waals surface area (Å²) in [5.74, 6) is -0.362. The number of carbonyl (C=O) groups excluding carboxylic acids is 1. The van der Waals surface area contributed by atoms with Gasteiger partial charge in [-0.1, -0.05) is 26.2 Å². The molecule has 0 aromatic rings. The van der Waals surface area contributed by atoms with E-state index in [-0.39, 0.29) is 23.8 Å². The normalized spacial score (nSPS) is 24.3. The molecule has 4 nitrogen and oxygen atoms in total. The number of carboxylic acid groups (broad SMARTS) is 1. The summed E-state index contributed by atoms with van der Waals surface area (Å²) in [5.41, 5.74) is -0.274. The molecule has 18 heavy (non-hydrogen) atoms. The van der Waals surface area contributed by atoms with Gasteiger partial charge in [0.05, 0.1) is 6.42 Å². The van der Waals surface area contributed by atoms with Crippen molar-refractivity contribution < 1.29 is 14.7 Å². The molecule has 0 bridgehead atoms. The summed E-state index contributed by atoms with van der Waals surface area (Å²) in [5, 5.41) is 11.9. The second-order valence-electron chi connectivity index (χ2n) is 6.14. The molecule has 0 saturated heterocycles. The van der Waals surface area contributed by atoms with Crippen LogP contribution in [0.4, 0.5) is 0 Å². The minimum Gasteiger partial charge on any atom is -0.481 e. The molecule has 2 N–H and O–H groups in total. The van der Waals surface area contributed by atoms with Crippen molar-refractivity contribution in [3.05, 3.63) is 0 Å². The summed E-state index contributed by atoms with van der Waals surface area (Å²) in [6.07, 6.45) is 7.46. The van der Waals surface area contributed by atoms with E-state index < -0.39 is 5.97 Å². The predicted molar refractivity (Wildman–Crippen MR) is 68.1 cm³/mol. The van der Waals surface area contributed by atoms with Gasteiger partial charge in [0.1, 0.15) is 0 Å². The Bertz CT molecular complexity index is 330. The number of carbonyl (C=O) groups is 2. The highest BCUT2D eigenvalue weighted by atomic mass is 16.4. The second-order valence-corrected chi connectivity index (χ2v) is 6.14.